The van der Waals surface area contributed by atoms with Gasteiger partial charge in [-0.3, -0.25) is 4.98 Å². The van der Waals surface area contributed by atoms with Gasteiger partial charge in [-0.25, -0.2) is 4.98 Å². The topological polar surface area (TPSA) is 91.5 Å². The molecule has 0 aliphatic rings. The molecule has 0 bridgehead atoms. The molecule has 25 heavy (non-hydrogen) atoms. The molecule has 1 aromatic carbocycles. The number of alkyl halides is 2. The summed E-state index contributed by atoms with van der Waals surface area (Å²) in [7, 11) is -2.66. The Morgan fingerprint density at radius 3 is 3.00 bits per heavy atom. The molecule has 0 amide bonds. The Morgan fingerprint density at radius 1 is 1.40 bits per heavy atom. The summed E-state index contributed by atoms with van der Waals surface area (Å²) in [5.41, 5.74) is 1.43. The number of thioether (sulfide) groups is 1. The van der Waals surface area contributed by atoms with Gasteiger partial charge in [0.05, 0.1) is 32.9 Å². The van der Waals surface area contributed by atoms with E-state index in [2.05, 4.69) is 19.7 Å². The quantitative estimate of drug-likeness (QED) is 0.646. The number of aromatic nitrogens is 3. The molecule has 3 aromatic rings. The van der Waals surface area contributed by atoms with Crippen LogP contribution in [0.15, 0.2) is 35.6 Å². The van der Waals surface area contributed by atoms with Gasteiger partial charge in [0, 0.05) is 18.0 Å². The van der Waals surface area contributed by atoms with Crippen LogP contribution in [0, 0.1) is 0 Å². The van der Waals surface area contributed by atoms with E-state index in [0.717, 1.165) is 0 Å². The van der Waals surface area contributed by atoms with E-state index in [1.165, 1.54) is 36.2 Å². The van der Waals surface area contributed by atoms with Crippen LogP contribution in [0.4, 0.5) is 8.78 Å². The van der Waals surface area contributed by atoms with Crippen LogP contribution in [-0.4, -0.2) is 34.1 Å². The van der Waals surface area contributed by atoms with Gasteiger partial charge < -0.3 is 19.9 Å². The second-order valence-electron chi connectivity index (χ2n) is 4.56. The second-order valence-corrected chi connectivity index (χ2v) is 5.93. The van der Waals surface area contributed by atoms with Crippen molar-refractivity contribution < 1.29 is 27.8 Å². The number of imidazole rings is 1. The third-order valence-corrected chi connectivity index (χ3v) is 4.22. The fraction of sp³-hybridized carbons (Fsp3) is 0.200. The van der Waals surface area contributed by atoms with E-state index < -0.39 is 13.6 Å². The van der Waals surface area contributed by atoms with Crippen molar-refractivity contribution in [3.63, 3.8) is 0 Å². The first-order valence-electron chi connectivity index (χ1n) is 8.11. The number of rotatable bonds is 6. The van der Waals surface area contributed by atoms with Gasteiger partial charge in [-0.05, 0) is 18.2 Å². The average molecular weight is 393 g/mol. The molecule has 0 saturated heterocycles. The number of aromatic amines is 1. The number of pyridine rings is 1. The van der Waals surface area contributed by atoms with Crippen molar-refractivity contribution in [3.05, 3.63) is 41.2 Å². The van der Waals surface area contributed by atoms with Gasteiger partial charge in [-0.1, -0.05) is 23.4 Å². The smallest absolute Gasteiger partial charge is 0.387 e. The highest BCUT2D eigenvalue weighted by molar-refractivity contribution is 7.98. The van der Waals surface area contributed by atoms with Gasteiger partial charge in [-0.15, -0.1) is 0 Å². The Morgan fingerprint density at radius 2 is 2.24 bits per heavy atom. The maximum absolute atomic E-state index is 12.3. The Bertz CT molecular complexity index is 959. The van der Waals surface area contributed by atoms with Gasteiger partial charge in [0.2, 0.25) is 0 Å². The summed E-state index contributed by atoms with van der Waals surface area (Å²) in [6, 6.07) is 5.79. The lowest BCUT2D eigenvalue weighted by Gasteiger charge is -2.07. The van der Waals surface area contributed by atoms with Crippen molar-refractivity contribution in [1.29, 1.82) is 0 Å². The highest BCUT2D eigenvalue weighted by Crippen LogP contribution is 2.31. The van der Waals surface area contributed by atoms with E-state index in [4.69, 9.17) is 20.5 Å². The molecular weight excluding hydrogens is 376 g/mol. The standard InChI is InChI=1S/C15H12ClF2N3O2S.H2O/c1-22-13-9(16)4-5-19-12(13)7-24-15-20-10-3-2-8(23-14(17)18)6-11(10)21-15;/h2-6,14H,7H2,1H3,(H,20,21);1H2/i1D3;. The molecule has 0 aliphatic heterocycles. The van der Waals surface area contributed by atoms with Crippen LogP contribution in [0.1, 0.15) is 9.81 Å². The maximum atomic E-state index is 12.3. The molecule has 2 heterocycles. The lowest BCUT2D eigenvalue weighted by atomic mass is 10.3. The summed E-state index contributed by atoms with van der Waals surface area (Å²) in [5, 5.41) is 0.621. The molecule has 0 unspecified atom stereocenters. The molecule has 10 heteroatoms. The van der Waals surface area contributed by atoms with Crippen molar-refractivity contribution in [3.8, 4) is 11.5 Å². The van der Waals surface area contributed by atoms with E-state index in [1.807, 2.05) is 0 Å². The number of hydrogen-bond donors (Lipinski definition) is 1. The number of benzene rings is 1. The molecule has 2 aromatic heterocycles. The minimum atomic E-state index is -2.91. The number of ether oxygens (including phenoxy) is 2. The number of nitrogens with zero attached hydrogens (tertiary/aromatic N) is 2. The predicted octanol–water partition coefficient (Wildman–Crippen LogP) is 3.69. The third-order valence-electron chi connectivity index (χ3n) is 3.03. The number of halogens is 3. The molecule has 134 valence electrons. The van der Waals surface area contributed by atoms with Gasteiger partial charge >= 0.3 is 6.61 Å². The van der Waals surface area contributed by atoms with E-state index in [1.54, 1.807) is 6.07 Å². The fourth-order valence-electron chi connectivity index (χ4n) is 2.02. The first-order chi connectivity index (χ1) is 12.7. The first-order valence-corrected chi connectivity index (χ1v) is 7.97. The maximum Gasteiger partial charge on any atom is 0.387 e. The van der Waals surface area contributed by atoms with Crippen LogP contribution >= 0.6 is 23.4 Å². The third kappa shape index (κ3) is 4.50. The molecule has 0 radical (unpaired) electrons. The van der Waals surface area contributed by atoms with Crippen LogP contribution in [0.5, 0.6) is 11.5 Å². The van der Waals surface area contributed by atoms with Gasteiger partial charge in [0.1, 0.15) is 5.75 Å². The summed E-state index contributed by atoms with van der Waals surface area (Å²) in [6.45, 7) is -2.91. The largest absolute Gasteiger partial charge is 0.493 e. The van der Waals surface area contributed by atoms with Crippen molar-refractivity contribution in [1.82, 2.24) is 15.0 Å². The molecule has 0 saturated carbocycles. The van der Waals surface area contributed by atoms with E-state index >= 15 is 0 Å². The monoisotopic (exact) mass is 392 g/mol. The molecule has 0 atom stereocenters. The van der Waals surface area contributed by atoms with Crippen molar-refractivity contribution in [2.45, 2.75) is 17.5 Å². The van der Waals surface area contributed by atoms with E-state index in [9.17, 15) is 8.78 Å². The molecule has 6 nitrogen and oxygen atoms in total. The van der Waals surface area contributed by atoms with Crippen LogP contribution < -0.4 is 9.47 Å². The van der Waals surface area contributed by atoms with Crippen molar-refractivity contribution in [2.24, 2.45) is 0 Å². The summed E-state index contributed by atoms with van der Waals surface area (Å²) < 4.78 is 55.6. The van der Waals surface area contributed by atoms with Crippen LogP contribution in [0.25, 0.3) is 11.0 Å². The normalized spacial score (nSPS) is 13.0. The number of methoxy groups -OCH3 is 1. The summed E-state index contributed by atoms with van der Waals surface area (Å²) in [4.78, 5) is 11.4. The van der Waals surface area contributed by atoms with Crippen molar-refractivity contribution in [2.75, 3.05) is 7.04 Å². The van der Waals surface area contributed by atoms with Crippen LogP contribution in [-0.2, 0) is 5.75 Å². The zero-order chi connectivity index (χ0) is 19.6. The van der Waals surface area contributed by atoms with Gasteiger partial charge in [0.15, 0.2) is 10.9 Å². The highest BCUT2D eigenvalue weighted by atomic mass is 35.5. The number of nitrogens with one attached hydrogen (secondary N) is 1. The van der Waals surface area contributed by atoms with Gasteiger partial charge in [0.25, 0.3) is 0 Å². The molecule has 3 N–H and O–H groups in total. The molecular formula is C15H14ClF2N3O3S. The summed E-state index contributed by atoms with van der Waals surface area (Å²) in [5.74, 6) is 0.226. The second kappa shape index (κ2) is 8.32. The minimum absolute atomic E-state index is 0. The van der Waals surface area contributed by atoms with E-state index in [0.29, 0.717) is 21.9 Å². The number of H-pyrrole nitrogens is 1. The zero-order valence-electron chi connectivity index (χ0n) is 15.4. The Labute approximate surface area is 155 Å². The predicted molar refractivity (Wildman–Crippen MR) is 91.7 cm³/mol. The highest BCUT2D eigenvalue weighted by Gasteiger charge is 2.12. The number of hydrogen-bond acceptors (Lipinski definition) is 5. The van der Waals surface area contributed by atoms with E-state index in [-0.39, 0.29) is 27.8 Å². The Balaban J connectivity index is 0.00000280. The van der Waals surface area contributed by atoms with Gasteiger partial charge in [-0.2, -0.15) is 8.78 Å². The summed E-state index contributed by atoms with van der Waals surface area (Å²) in [6.07, 6.45) is 1.44. The number of fused-ring (bicyclic) bond motifs is 1. The Hall–Kier alpha value is -2.10. The lowest BCUT2D eigenvalue weighted by molar-refractivity contribution is -0.0497. The Kier molecular flexibility index (Phi) is 5.05. The van der Waals surface area contributed by atoms with Crippen LogP contribution in [0.3, 0.4) is 0 Å². The van der Waals surface area contributed by atoms with Crippen LogP contribution in [0.2, 0.25) is 5.02 Å². The molecule has 3 rings (SSSR count). The first kappa shape index (κ1) is 15.2. The average Bonchev–Trinajstić information content (AvgIpc) is 2.96. The van der Waals surface area contributed by atoms with Crippen molar-refractivity contribution >= 4 is 34.4 Å². The molecule has 0 aliphatic carbocycles. The SMILES string of the molecule is O.[2H]C([2H])([2H])Oc1c(Cl)ccnc1CSc1nc2ccc(OC(F)F)cc2[nH]1. The molecule has 0 fully saturated rings. The lowest BCUT2D eigenvalue weighted by Crippen LogP contribution is -2.01. The summed E-state index contributed by atoms with van der Waals surface area (Å²) >= 11 is 7.24. The zero-order valence-corrected chi connectivity index (χ0v) is 14.0. The minimum Gasteiger partial charge on any atom is -0.493 e. The fourth-order valence-corrected chi connectivity index (χ4v) is 3.05. The molecule has 0 spiro atoms.